The van der Waals surface area contributed by atoms with Gasteiger partial charge >= 0.3 is 18.4 Å². The number of thiol groups is 1. The number of carbonyl (C=O) groups is 3. The van der Waals surface area contributed by atoms with Crippen LogP contribution in [0.5, 0.6) is 0 Å². The largest absolute Gasteiger partial charge is 0.480 e. The molecule has 0 radical (unpaired) electrons. The van der Waals surface area contributed by atoms with Crippen molar-refractivity contribution >= 4 is 31.0 Å². The maximum atomic E-state index is 10.4. The molecule has 6 heteroatoms. The van der Waals surface area contributed by atoms with Crippen LogP contribution in [0.25, 0.3) is 0 Å². The molecule has 1 atom stereocenters. The summed E-state index contributed by atoms with van der Waals surface area (Å²) >= 11 is 3.54. The molecule has 0 aliphatic rings. The Labute approximate surface area is 67.7 Å². The van der Waals surface area contributed by atoms with Crippen LogP contribution in [0.3, 0.4) is 0 Å². The number of carbonyl (C=O) groups excluding carboxylic acids is 2. The van der Waals surface area contributed by atoms with E-state index < -0.39 is 23.6 Å². The molecule has 0 bridgehead atoms. The predicted molar refractivity (Wildman–Crippen MR) is 37.2 cm³/mol. The molecule has 0 aromatic heterocycles. The molecule has 0 spiro atoms. The molecular formula is C5H6O5S. The predicted octanol–water partition coefficient (Wildman–Crippen LogP) is -0.541. The Balaban J connectivity index is 3.74. The summed E-state index contributed by atoms with van der Waals surface area (Å²) in [4.78, 5) is 30.0. The van der Waals surface area contributed by atoms with Gasteiger partial charge in [0.15, 0.2) is 0 Å². The lowest BCUT2D eigenvalue weighted by Gasteiger charge is -2.00. The average molecular weight is 178 g/mol. The standard InChI is InChI=1S/C5H6O5S/c6-2-10-4(7)1-3(11)5(8)9/h2-3,11H,1H2,(H,8,9). The highest BCUT2D eigenvalue weighted by Crippen LogP contribution is 2.01. The van der Waals surface area contributed by atoms with Gasteiger partial charge in [0.1, 0.15) is 5.25 Å². The Morgan fingerprint density at radius 1 is 1.64 bits per heavy atom. The fraction of sp³-hybridized carbons (Fsp3) is 0.400. The van der Waals surface area contributed by atoms with Crippen LogP contribution in [0.2, 0.25) is 0 Å². The van der Waals surface area contributed by atoms with Crippen molar-refractivity contribution in [3.05, 3.63) is 0 Å². The molecule has 0 aliphatic heterocycles. The lowest BCUT2D eigenvalue weighted by molar-refractivity contribution is -0.153. The Morgan fingerprint density at radius 2 is 2.18 bits per heavy atom. The third-order valence-electron chi connectivity index (χ3n) is 0.825. The number of ether oxygens (including phenoxy) is 1. The first-order chi connectivity index (χ1) is 5.07. The minimum atomic E-state index is -1.23. The van der Waals surface area contributed by atoms with Crippen LogP contribution in [0.1, 0.15) is 6.42 Å². The van der Waals surface area contributed by atoms with E-state index >= 15 is 0 Å². The van der Waals surface area contributed by atoms with Crippen LogP contribution < -0.4 is 0 Å². The van der Waals surface area contributed by atoms with Crippen molar-refractivity contribution in [3.8, 4) is 0 Å². The zero-order chi connectivity index (χ0) is 8.85. The van der Waals surface area contributed by atoms with E-state index in [2.05, 4.69) is 17.4 Å². The van der Waals surface area contributed by atoms with Gasteiger partial charge < -0.3 is 9.84 Å². The van der Waals surface area contributed by atoms with Crippen molar-refractivity contribution in [1.82, 2.24) is 0 Å². The molecular weight excluding hydrogens is 172 g/mol. The number of aliphatic carboxylic acids is 1. The fourth-order valence-electron chi connectivity index (χ4n) is 0.347. The quantitative estimate of drug-likeness (QED) is 0.261. The molecule has 11 heavy (non-hydrogen) atoms. The average Bonchev–Trinajstić information content (AvgIpc) is 1.87. The second-order valence-electron chi connectivity index (χ2n) is 1.64. The van der Waals surface area contributed by atoms with Crippen LogP contribution in [0.4, 0.5) is 0 Å². The summed E-state index contributed by atoms with van der Waals surface area (Å²) in [5, 5.41) is 7.10. The van der Waals surface area contributed by atoms with E-state index in [1.165, 1.54) is 0 Å². The van der Waals surface area contributed by atoms with Crippen molar-refractivity contribution in [2.45, 2.75) is 11.7 Å². The summed E-state index contributed by atoms with van der Waals surface area (Å²) in [7, 11) is 0. The van der Waals surface area contributed by atoms with Gasteiger partial charge in [-0.15, -0.1) is 0 Å². The van der Waals surface area contributed by atoms with Gasteiger partial charge in [0, 0.05) is 0 Å². The Morgan fingerprint density at radius 3 is 2.55 bits per heavy atom. The highest BCUT2D eigenvalue weighted by molar-refractivity contribution is 7.81. The van der Waals surface area contributed by atoms with Crippen LogP contribution >= 0.6 is 12.6 Å². The molecule has 5 nitrogen and oxygen atoms in total. The number of carboxylic acids is 1. The first kappa shape index (κ1) is 9.96. The van der Waals surface area contributed by atoms with Crippen LogP contribution in [0.15, 0.2) is 0 Å². The second-order valence-corrected chi connectivity index (χ2v) is 2.27. The summed E-state index contributed by atoms with van der Waals surface area (Å²) in [6.45, 7) is -0.0509. The molecule has 0 fully saturated rings. The normalized spacial score (nSPS) is 11.7. The van der Waals surface area contributed by atoms with Gasteiger partial charge in [-0.3, -0.25) is 14.4 Å². The summed E-state index contributed by atoms with van der Waals surface area (Å²) in [6, 6.07) is 0. The van der Waals surface area contributed by atoms with Gasteiger partial charge in [0.25, 0.3) is 0 Å². The summed E-state index contributed by atoms with van der Waals surface area (Å²) < 4.78 is 3.83. The highest BCUT2D eigenvalue weighted by Gasteiger charge is 2.17. The molecule has 0 heterocycles. The summed E-state index contributed by atoms with van der Waals surface area (Å²) in [6.07, 6.45) is -0.419. The Hall–Kier alpha value is -1.04. The smallest absolute Gasteiger partial charge is 0.316 e. The molecule has 1 N–H and O–H groups in total. The topological polar surface area (TPSA) is 80.7 Å². The van der Waals surface area contributed by atoms with E-state index in [0.29, 0.717) is 0 Å². The van der Waals surface area contributed by atoms with E-state index in [1.54, 1.807) is 0 Å². The molecule has 1 unspecified atom stereocenters. The number of carboxylic acid groups (broad SMARTS) is 1. The highest BCUT2D eigenvalue weighted by atomic mass is 32.1. The maximum Gasteiger partial charge on any atom is 0.316 e. The SMILES string of the molecule is O=COC(=O)CC(S)C(=O)O. The zero-order valence-corrected chi connectivity index (χ0v) is 6.28. The summed E-state index contributed by atoms with van der Waals surface area (Å²) in [5.74, 6) is -2.13. The van der Waals surface area contributed by atoms with Gasteiger partial charge in [-0.2, -0.15) is 12.6 Å². The van der Waals surface area contributed by atoms with E-state index in [-0.39, 0.29) is 6.47 Å². The van der Waals surface area contributed by atoms with Crippen molar-refractivity contribution in [3.63, 3.8) is 0 Å². The third kappa shape index (κ3) is 4.38. The lowest BCUT2D eigenvalue weighted by atomic mass is 10.3. The van der Waals surface area contributed by atoms with Gasteiger partial charge in [0.05, 0.1) is 6.42 Å². The van der Waals surface area contributed by atoms with Gasteiger partial charge in [0.2, 0.25) is 0 Å². The van der Waals surface area contributed by atoms with E-state index in [9.17, 15) is 14.4 Å². The van der Waals surface area contributed by atoms with Crippen molar-refractivity contribution in [2.75, 3.05) is 0 Å². The zero-order valence-electron chi connectivity index (χ0n) is 5.39. The fourth-order valence-corrected chi connectivity index (χ4v) is 0.496. The molecule has 0 aliphatic carbocycles. The Kier molecular flexibility index (Phi) is 4.28. The van der Waals surface area contributed by atoms with Crippen LogP contribution in [-0.2, 0) is 19.1 Å². The molecule has 0 aromatic rings. The first-order valence-corrected chi connectivity index (χ1v) is 3.13. The van der Waals surface area contributed by atoms with Crippen molar-refractivity contribution in [2.24, 2.45) is 0 Å². The minimum Gasteiger partial charge on any atom is -0.480 e. The van der Waals surface area contributed by atoms with Crippen LogP contribution in [-0.4, -0.2) is 28.8 Å². The number of hydrogen-bond donors (Lipinski definition) is 2. The monoisotopic (exact) mass is 178 g/mol. The maximum absolute atomic E-state index is 10.4. The van der Waals surface area contributed by atoms with Gasteiger partial charge in [-0.1, -0.05) is 0 Å². The number of esters is 1. The van der Waals surface area contributed by atoms with E-state index in [0.717, 1.165) is 0 Å². The molecule has 0 aromatic carbocycles. The third-order valence-corrected chi connectivity index (χ3v) is 1.23. The number of hydrogen-bond acceptors (Lipinski definition) is 5. The summed E-state index contributed by atoms with van der Waals surface area (Å²) in [5.41, 5.74) is 0. The molecule has 62 valence electrons. The number of rotatable bonds is 4. The molecule has 0 saturated heterocycles. The second kappa shape index (κ2) is 4.73. The van der Waals surface area contributed by atoms with Crippen molar-refractivity contribution < 1.29 is 24.2 Å². The van der Waals surface area contributed by atoms with Crippen LogP contribution in [0, 0.1) is 0 Å². The van der Waals surface area contributed by atoms with Gasteiger partial charge in [-0.25, -0.2) is 0 Å². The molecule has 0 rings (SSSR count). The lowest BCUT2D eigenvalue weighted by Crippen LogP contribution is -2.19. The minimum absolute atomic E-state index is 0.0509. The van der Waals surface area contributed by atoms with E-state index in [4.69, 9.17) is 5.11 Å². The van der Waals surface area contributed by atoms with Crippen molar-refractivity contribution in [1.29, 1.82) is 0 Å². The van der Waals surface area contributed by atoms with Gasteiger partial charge in [-0.05, 0) is 0 Å². The molecule has 0 amide bonds. The first-order valence-electron chi connectivity index (χ1n) is 2.62. The van der Waals surface area contributed by atoms with E-state index in [1.807, 2.05) is 0 Å². The Bertz CT molecular complexity index is 178. The molecule has 0 saturated carbocycles.